The molecule has 0 aromatic heterocycles. The van der Waals surface area contributed by atoms with Crippen molar-refractivity contribution >= 4 is 5.78 Å². The van der Waals surface area contributed by atoms with Crippen LogP contribution in [0.5, 0.6) is 0 Å². The Balaban J connectivity index is 2.25. The Morgan fingerprint density at radius 2 is 1.94 bits per heavy atom. The second-order valence-corrected chi connectivity index (χ2v) is 4.08. The van der Waals surface area contributed by atoms with Crippen LogP contribution in [0.3, 0.4) is 0 Å². The Hall–Kier alpha value is -1.32. The van der Waals surface area contributed by atoms with E-state index in [1.807, 2.05) is 0 Å². The van der Waals surface area contributed by atoms with Gasteiger partial charge in [0.25, 0.3) is 5.78 Å². The van der Waals surface area contributed by atoms with Gasteiger partial charge in [0.2, 0.25) is 0 Å². The van der Waals surface area contributed by atoms with E-state index in [1.54, 1.807) is 6.07 Å². The van der Waals surface area contributed by atoms with Crippen molar-refractivity contribution < 1.29 is 18.0 Å². The predicted octanol–water partition coefficient (Wildman–Crippen LogP) is 3.70. The minimum absolute atomic E-state index is 0.253. The molecule has 2 rings (SSSR count). The van der Waals surface area contributed by atoms with E-state index in [0.717, 1.165) is 24.8 Å². The molecule has 0 spiro atoms. The normalized spacial score (nSPS) is 16.9. The Kier molecular flexibility index (Phi) is 2.74. The van der Waals surface area contributed by atoms with E-state index in [1.165, 1.54) is 18.2 Å². The number of carbonyl (C=O) groups is 1. The molecule has 1 aromatic rings. The number of halogens is 3. The van der Waals surface area contributed by atoms with E-state index < -0.39 is 12.0 Å². The van der Waals surface area contributed by atoms with E-state index in [0.29, 0.717) is 5.92 Å². The van der Waals surface area contributed by atoms with Crippen molar-refractivity contribution in [2.24, 2.45) is 0 Å². The summed E-state index contributed by atoms with van der Waals surface area (Å²) in [5.74, 6) is -1.42. The fraction of sp³-hybridized carbons (Fsp3) is 0.417. The molecule has 1 aliphatic rings. The summed E-state index contributed by atoms with van der Waals surface area (Å²) in [6.45, 7) is 0. The van der Waals surface area contributed by atoms with E-state index in [9.17, 15) is 18.0 Å². The first kappa shape index (κ1) is 11.2. The Morgan fingerprint density at radius 3 is 2.44 bits per heavy atom. The van der Waals surface area contributed by atoms with Crippen LogP contribution in [0.2, 0.25) is 0 Å². The largest absolute Gasteiger partial charge is 0.454 e. The topological polar surface area (TPSA) is 17.1 Å². The molecule has 86 valence electrons. The summed E-state index contributed by atoms with van der Waals surface area (Å²) in [5, 5.41) is 0. The van der Waals surface area contributed by atoms with Crippen molar-refractivity contribution in [1.29, 1.82) is 0 Å². The molecule has 0 heterocycles. The van der Waals surface area contributed by atoms with Gasteiger partial charge in [-0.25, -0.2) is 0 Å². The fourth-order valence-electron chi connectivity index (χ4n) is 1.84. The SMILES string of the molecule is O=C(c1cccc(C2CCC2)c1)C(F)(F)F. The third-order valence-electron chi connectivity index (χ3n) is 2.98. The number of Topliss-reactive ketones (excluding diaryl/α,β-unsaturated/α-hetero) is 1. The molecule has 1 aromatic carbocycles. The lowest BCUT2D eigenvalue weighted by Gasteiger charge is -2.26. The minimum Gasteiger partial charge on any atom is -0.284 e. The molecule has 0 saturated heterocycles. The Morgan fingerprint density at radius 1 is 1.25 bits per heavy atom. The van der Waals surface area contributed by atoms with Crippen molar-refractivity contribution in [3.63, 3.8) is 0 Å². The maximum absolute atomic E-state index is 12.2. The van der Waals surface area contributed by atoms with E-state index >= 15 is 0 Å². The van der Waals surface area contributed by atoms with Crippen molar-refractivity contribution in [3.05, 3.63) is 35.4 Å². The molecule has 1 aliphatic carbocycles. The van der Waals surface area contributed by atoms with Gasteiger partial charge in [0.1, 0.15) is 0 Å². The number of benzene rings is 1. The highest BCUT2D eigenvalue weighted by molar-refractivity contribution is 6.00. The molecule has 0 unspecified atom stereocenters. The number of rotatable bonds is 2. The lowest BCUT2D eigenvalue weighted by molar-refractivity contribution is -0.0885. The standard InChI is InChI=1S/C12H11F3O/c13-12(14,15)11(16)10-6-2-5-9(7-10)8-3-1-4-8/h2,5-8H,1,3-4H2. The van der Waals surface area contributed by atoms with Crippen LogP contribution in [0.4, 0.5) is 13.2 Å². The average Bonchev–Trinajstić information content (AvgIpc) is 2.13. The molecule has 1 saturated carbocycles. The molecule has 4 heteroatoms. The van der Waals surface area contributed by atoms with Crippen LogP contribution in [-0.2, 0) is 0 Å². The predicted molar refractivity (Wildman–Crippen MR) is 53.4 cm³/mol. The van der Waals surface area contributed by atoms with Crippen LogP contribution in [0.25, 0.3) is 0 Å². The molecule has 1 fully saturated rings. The summed E-state index contributed by atoms with van der Waals surface area (Å²) in [5.41, 5.74) is 0.596. The Labute approximate surface area is 91.3 Å². The first-order chi connectivity index (χ1) is 7.48. The van der Waals surface area contributed by atoms with Crippen LogP contribution in [0.1, 0.15) is 41.1 Å². The summed E-state index contributed by atoms with van der Waals surface area (Å²) >= 11 is 0. The van der Waals surface area contributed by atoms with Gasteiger partial charge in [-0.3, -0.25) is 4.79 Å². The molecule has 0 bridgehead atoms. The highest BCUT2D eigenvalue weighted by atomic mass is 19.4. The maximum atomic E-state index is 12.2. The molecule has 16 heavy (non-hydrogen) atoms. The monoisotopic (exact) mass is 228 g/mol. The molecule has 0 amide bonds. The molecular weight excluding hydrogens is 217 g/mol. The quantitative estimate of drug-likeness (QED) is 0.705. The van der Waals surface area contributed by atoms with Crippen LogP contribution in [0, 0.1) is 0 Å². The van der Waals surface area contributed by atoms with Crippen LogP contribution >= 0.6 is 0 Å². The summed E-state index contributed by atoms with van der Waals surface area (Å²) < 4.78 is 36.6. The maximum Gasteiger partial charge on any atom is 0.454 e. The first-order valence-corrected chi connectivity index (χ1v) is 5.20. The van der Waals surface area contributed by atoms with Crippen molar-refractivity contribution in [1.82, 2.24) is 0 Å². The van der Waals surface area contributed by atoms with Gasteiger partial charge in [-0.05, 0) is 30.4 Å². The number of carbonyl (C=O) groups excluding carboxylic acids is 1. The molecular formula is C12H11F3O. The fourth-order valence-corrected chi connectivity index (χ4v) is 1.84. The van der Waals surface area contributed by atoms with Gasteiger partial charge >= 0.3 is 6.18 Å². The van der Waals surface area contributed by atoms with Crippen LogP contribution in [0.15, 0.2) is 24.3 Å². The van der Waals surface area contributed by atoms with E-state index in [4.69, 9.17) is 0 Å². The van der Waals surface area contributed by atoms with Crippen molar-refractivity contribution in [3.8, 4) is 0 Å². The van der Waals surface area contributed by atoms with Crippen molar-refractivity contribution in [2.45, 2.75) is 31.4 Å². The summed E-state index contributed by atoms with van der Waals surface area (Å²) in [7, 11) is 0. The van der Waals surface area contributed by atoms with Gasteiger partial charge in [0.05, 0.1) is 0 Å². The van der Waals surface area contributed by atoms with E-state index in [-0.39, 0.29) is 5.56 Å². The second-order valence-electron chi connectivity index (χ2n) is 4.08. The summed E-state index contributed by atoms with van der Waals surface area (Å²) in [6.07, 6.45) is -1.66. The third-order valence-corrected chi connectivity index (χ3v) is 2.98. The zero-order chi connectivity index (χ0) is 11.8. The van der Waals surface area contributed by atoms with E-state index in [2.05, 4.69) is 0 Å². The zero-order valence-corrected chi connectivity index (χ0v) is 8.55. The van der Waals surface area contributed by atoms with Crippen LogP contribution < -0.4 is 0 Å². The number of alkyl halides is 3. The number of hydrogen-bond acceptors (Lipinski definition) is 1. The van der Waals surface area contributed by atoms with Crippen molar-refractivity contribution in [2.75, 3.05) is 0 Å². The van der Waals surface area contributed by atoms with Gasteiger partial charge in [-0.1, -0.05) is 24.6 Å². The molecule has 1 nitrogen and oxygen atoms in total. The van der Waals surface area contributed by atoms with Gasteiger partial charge in [-0.15, -0.1) is 0 Å². The minimum atomic E-state index is -4.78. The average molecular weight is 228 g/mol. The lowest BCUT2D eigenvalue weighted by Crippen LogP contribution is -2.23. The first-order valence-electron chi connectivity index (χ1n) is 5.20. The van der Waals surface area contributed by atoms with Crippen LogP contribution in [-0.4, -0.2) is 12.0 Å². The highest BCUT2D eigenvalue weighted by Gasteiger charge is 2.39. The number of ketones is 1. The molecule has 0 aliphatic heterocycles. The van der Waals surface area contributed by atoms with Gasteiger partial charge in [0, 0.05) is 5.56 Å². The highest BCUT2D eigenvalue weighted by Crippen LogP contribution is 2.36. The molecule has 0 radical (unpaired) electrons. The molecule has 0 atom stereocenters. The second kappa shape index (κ2) is 3.92. The Bertz CT molecular complexity index is 405. The van der Waals surface area contributed by atoms with Gasteiger partial charge in [-0.2, -0.15) is 13.2 Å². The van der Waals surface area contributed by atoms with Gasteiger partial charge in [0.15, 0.2) is 0 Å². The molecule has 0 N–H and O–H groups in total. The zero-order valence-electron chi connectivity index (χ0n) is 8.55. The smallest absolute Gasteiger partial charge is 0.284 e. The number of hydrogen-bond donors (Lipinski definition) is 0. The summed E-state index contributed by atoms with van der Waals surface area (Å²) in [4.78, 5) is 11.0. The van der Waals surface area contributed by atoms with Gasteiger partial charge < -0.3 is 0 Å². The lowest BCUT2D eigenvalue weighted by atomic mass is 9.79. The summed E-state index contributed by atoms with van der Waals surface area (Å²) in [6, 6.07) is 5.90. The third kappa shape index (κ3) is 2.10.